The summed E-state index contributed by atoms with van der Waals surface area (Å²) in [6, 6.07) is 0.146. The molecule has 0 bridgehead atoms. The first-order chi connectivity index (χ1) is 5.70. The Labute approximate surface area is 73.1 Å². The zero-order valence-corrected chi connectivity index (χ0v) is 7.60. The van der Waals surface area contributed by atoms with Gasteiger partial charge in [0.15, 0.2) is 0 Å². The van der Waals surface area contributed by atoms with Crippen LogP contribution >= 0.6 is 0 Å². The molecule has 1 saturated heterocycles. The normalized spacial score (nSPS) is 25.6. The van der Waals surface area contributed by atoms with Gasteiger partial charge in [-0.1, -0.05) is 0 Å². The van der Waals surface area contributed by atoms with Crippen LogP contribution in [0, 0.1) is 0 Å². The molecule has 1 aliphatic carbocycles. The molecule has 2 rings (SSSR count). The van der Waals surface area contributed by atoms with E-state index in [1.807, 2.05) is 4.90 Å². The molecule has 3 heteroatoms. The van der Waals surface area contributed by atoms with Gasteiger partial charge < -0.3 is 10.2 Å². The first-order valence-electron chi connectivity index (χ1n) is 4.77. The van der Waals surface area contributed by atoms with Crippen molar-refractivity contribution in [2.24, 2.45) is 0 Å². The van der Waals surface area contributed by atoms with Crippen LogP contribution in [-0.2, 0) is 0 Å². The Morgan fingerprint density at radius 1 is 1.33 bits per heavy atom. The third-order valence-electron chi connectivity index (χ3n) is 2.80. The second kappa shape index (κ2) is 2.64. The first-order valence-corrected chi connectivity index (χ1v) is 4.77. The van der Waals surface area contributed by atoms with E-state index in [0.717, 1.165) is 25.9 Å². The van der Waals surface area contributed by atoms with Crippen LogP contribution in [0.5, 0.6) is 0 Å². The highest BCUT2D eigenvalue weighted by Crippen LogP contribution is 2.34. The van der Waals surface area contributed by atoms with Crippen molar-refractivity contribution in [2.75, 3.05) is 13.1 Å². The molecule has 0 atom stereocenters. The molecular weight excluding hydrogens is 152 g/mol. The second-order valence-corrected chi connectivity index (χ2v) is 4.18. The molecule has 0 radical (unpaired) electrons. The monoisotopic (exact) mass is 168 g/mol. The standard InChI is InChI=1S/C9H16N2O/c1-9(4-5-9)10-8(12)11-6-2-3-7-11/h2-7H2,1H3,(H,10,12). The van der Waals surface area contributed by atoms with Gasteiger partial charge >= 0.3 is 6.03 Å². The topological polar surface area (TPSA) is 32.3 Å². The predicted molar refractivity (Wildman–Crippen MR) is 47.0 cm³/mol. The molecule has 1 heterocycles. The maximum absolute atomic E-state index is 11.5. The highest BCUT2D eigenvalue weighted by Gasteiger charge is 2.39. The molecule has 0 aromatic rings. The van der Waals surface area contributed by atoms with Crippen molar-refractivity contribution in [1.29, 1.82) is 0 Å². The number of hydrogen-bond donors (Lipinski definition) is 1. The van der Waals surface area contributed by atoms with Crippen molar-refractivity contribution >= 4 is 6.03 Å². The molecule has 1 N–H and O–H groups in total. The third-order valence-corrected chi connectivity index (χ3v) is 2.80. The Bertz CT molecular complexity index is 193. The zero-order chi connectivity index (χ0) is 8.60. The molecule has 0 aromatic carbocycles. The van der Waals surface area contributed by atoms with E-state index in [1.54, 1.807) is 0 Å². The van der Waals surface area contributed by atoms with E-state index in [2.05, 4.69) is 12.2 Å². The molecular formula is C9H16N2O. The van der Waals surface area contributed by atoms with Crippen molar-refractivity contribution in [3.63, 3.8) is 0 Å². The Kier molecular flexibility index (Phi) is 1.74. The summed E-state index contributed by atoms with van der Waals surface area (Å²) in [5.74, 6) is 0. The van der Waals surface area contributed by atoms with E-state index >= 15 is 0 Å². The smallest absolute Gasteiger partial charge is 0.317 e. The Balaban J connectivity index is 1.83. The fraction of sp³-hybridized carbons (Fsp3) is 0.889. The molecule has 2 aliphatic rings. The van der Waals surface area contributed by atoms with Crippen LogP contribution in [0.3, 0.4) is 0 Å². The molecule has 3 nitrogen and oxygen atoms in total. The molecule has 0 unspecified atom stereocenters. The van der Waals surface area contributed by atoms with Crippen LogP contribution in [-0.4, -0.2) is 29.6 Å². The number of carbonyl (C=O) groups excluding carboxylic acids is 1. The van der Waals surface area contributed by atoms with Gasteiger partial charge in [0.1, 0.15) is 0 Å². The summed E-state index contributed by atoms with van der Waals surface area (Å²) in [5.41, 5.74) is 0.139. The number of rotatable bonds is 1. The molecule has 0 spiro atoms. The van der Waals surface area contributed by atoms with Crippen molar-refractivity contribution in [3.8, 4) is 0 Å². The van der Waals surface area contributed by atoms with Crippen LogP contribution in [0.2, 0.25) is 0 Å². The van der Waals surface area contributed by atoms with Crippen LogP contribution in [0.1, 0.15) is 32.6 Å². The van der Waals surface area contributed by atoms with Crippen LogP contribution in [0.4, 0.5) is 4.79 Å². The quantitative estimate of drug-likeness (QED) is 0.629. The van der Waals surface area contributed by atoms with Crippen molar-refractivity contribution < 1.29 is 4.79 Å². The Morgan fingerprint density at radius 3 is 2.42 bits per heavy atom. The van der Waals surface area contributed by atoms with E-state index in [0.29, 0.717) is 0 Å². The van der Waals surface area contributed by atoms with Gasteiger partial charge in [-0.05, 0) is 32.6 Å². The van der Waals surface area contributed by atoms with Gasteiger partial charge in [-0.3, -0.25) is 0 Å². The highest BCUT2D eigenvalue weighted by molar-refractivity contribution is 5.75. The van der Waals surface area contributed by atoms with Crippen molar-refractivity contribution in [1.82, 2.24) is 10.2 Å². The molecule has 0 aromatic heterocycles. The number of carbonyl (C=O) groups is 1. The minimum Gasteiger partial charge on any atom is -0.333 e. The second-order valence-electron chi connectivity index (χ2n) is 4.18. The lowest BCUT2D eigenvalue weighted by atomic mass is 10.3. The lowest BCUT2D eigenvalue weighted by Crippen LogP contribution is -2.43. The molecule has 2 fully saturated rings. The molecule has 2 amide bonds. The summed E-state index contributed by atoms with van der Waals surface area (Å²) in [7, 11) is 0. The Hall–Kier alpha value is -0.730. The van der Waals surface area contributed by atoms with Crippen LogP contribution in [0.15, 0.2) is 0 Å². The van der Waals surface area contributed by atoms with Crippen LogP contribution < -0.4 is 5.32 Å². The number of nitrogens with one attached hydrogen (secondary N) is 1. The number of nitrogens with zero attached hydrogens (tertiary/aromatic N) is 1. The summed E-state index contributed by atoms with van der Waals surface area (Å²) in [4.78, 5) is 13.4. The lowest BCUT2D eigenvalue weighted by Gasteiger charge is -2.19. The average molecular weight is 168 g/mol. The van der Waals surface area contributed by atoms with Gasteiger partial charge in [0.2, 0.25) is 0 Å². The van der Waals surface area contributed by atoms with E-state index in [9.17, 15) is 4.79 Å². The van der Waals surface area contributed by atoms with E-state index in [-0.39, 0.29) is 11.6 Å². The summed E-state index contributed by atoms with van der Waals surface area (Å²) >= 11 is 0. The van der Waals surface area contributed by atoms with Gasteiger partial charge in [0, 0.05) is 18.6 Å². The molecule has 68 valence electrons. The number of likely N-dealkylation sites (tertiary alicyclic amines) is 1. The van der Waals surface area contributed by atoms with Gasteiger partial charge in [-0.15, -0.1) is 0 Å². The SMILES string of the molecule is CC1(NC(=O)N2CCCC2)CC1. The summed E-state index contributed by atoms with van der Waals surface area (Å²) < 4.78 is 0. The van der Waals surface area contributed by atoms with Gasteiger partial charge in [0.25, 0.3) is 0 Å². The Morgan fingerprint density at radius 2 is 1.92 bits per heavy atom. The molecule has 12 heavy (non-hydrogen) atoms. The van der Waals surface area contributed by atoms with Crippen molar-refractivity contribution in [2.45, 2.75) is 38.1 Å². The average Bonchev–Trinajstić information content (AvgIpc) is 2.55. The summed E-state index contributed by atoms with van der Waals surface area (Å²) in [5, 5.41) is 3.06. The summed E-state index contributed by atoms with van der Waals surface area (Å²) in [6.07, 6.45) is 4.63. The minimum absolute atomic E-state index is 0.139. The van der Waals surface area contributed by atoms with Crippen LogP contribution in [0.25, 0.3) is 0 Å². The van der Waals surface area contributed by atoms with E-state index in [1.165, 1.54) is 12.8 Å². The number of amides is 2. The summed E-state index contributed by atoms with van der Waals surface area (Å²) in [6.45, 7) is 4.00. The lowest BCUT2D eigenvalue weighted by molar-refractivity contribution is 0.204. The number of urea groups is 1. The largest absolute Gasteiger partial charge is 0.333 e. The first kappa shape index (κ1) is 7.90. The number of hydrogen-bond acceptors (Lipinski definition) is 1. The van der Waals surface area contributed by atoms with Crippen molar-refractivity contribution in [3.05, 3.63) is 0 Å². The molecule has 1 saturated carbocycles. The van der Waals surface area contributed by atoms with Gasteiger partial charge in [0.05, 0.1) is 0 Å². The van der Waals surface area contributed by atoms with Gasteiger partial charge in [-0.25, -0.2) is 4.79 Å². The van der Waals surface area contributed by atoms with Gasteiger partial charge in [-0.2, -0.15) is 0 Å². The maximum atomic E-state index is 11.5. The fourth-order valence-electron chi connectivity index (χ4n) is 1.57. The fourth-order valence-corrected chi connectivity index (χ4v) is 1.57. The predicted octanol–water partition coefficient (Wildman–Crippen LogP) is 1.34. The highest BCUT2D eigenvalue weighted by atomic mass is 16.2. The van der Waals surface area contributed by atoms with E-state index < -0.39 is 0 Å². The molecule has 1 aliphatic heterocycles. The maximum Gasteiger partial charge on any atom is 0.317 e. The van der Waals surface area contributed by atoms with E-state index in [4.69, 9.17) is 0 Å². The zero-order valence-electron chi connectivity index (χ0n) is 7.60. The minimum atomic E-state index is 0.139. The third kappa shape index (κ3) is 1.54.